The molecule has 0 aromatic carbocycles. The second-order valence-corrected chi connectivity index (χ2v) is 11.1. The second-order valence-electron chi connectivity index (χ2n) is 11.1. The lowest BCUT2D eigenvalue weighted by Crippen LogP contribution is -2.40. The zero-order chi connectivity index (χ0) is 26.3. The van der Waals surface area contributed by atoms with E-state index in [1.807, 2.05) is 26.8 Å². The fraction of sp³-hybridized carbons (Fsp3) is 0.615. The summed E-state index contributed by atoms with van der Waals surface area (Å²) in [4.78, 5) is 41.1. The molecule has 2 fully saturated rings. The number of aromatic nitrogens is 3. The van der Waals surface area contributed by atoms with E-state index >= 15 is 0 Å². The zero-order valence-electron chi connectivity index (χ0n) is 21.7. The number of hydrogen-bond donors (Lipinski definition) is 2. The molecule has 200 valence electrons. The summed E-state index contributed by atoms with van der Waals surface area (Å²) >= 11 is 0. The average Bonchev–Trinajstić information content (AvgIpc) is 3.55. The van der Waals surface area contributed by atoms with Crippen LogP contribution in [0.5, 0.6) is 5.88 Å². The summed E-state index contributed by atoms with van der Waals surface area (Å²) in [6, 6.07) is 0.0327. The van der Waals surface area contributed by atoms with Crippen LogP contribution in [0.15, 0.2) is 17.1 Å². The minimum absolute atomic E-state index is 0.0327. The van der Waals surface area contributed by atoms with Crippen LogP contribution in [-0.4, -0.2) is 74.1 Å². The van der Waals surface area contributed by atoms with E-state index in [2.05, 4.69) is 10.4 Å². The molecule has 0 radical (unpaired) electrons. The second kappa shape index (κ2) is 9.85. The quantitative estimate of drug-likeness (QED) is 0.629. The van der Waals surface area contributed by atoms with Gasteiger partial charge in [0, 0.05) is 44.5 Å². The van der Waals surface area contributed by atoms with Gasteiger partial charge in [-0.25, -0.2) is 4.79 Å². The third kappa shape index (κ3) is 5.36. The minimum Gasteiger partial charge on any atom is -0.492 e. The van der Waals surface area contributed by atoms with Crippen molar-refractivity contribution in [1.82, 2.24) is 24.4 Å². The molecule has 2 amide bonds. The van der Waals surface area contributed by atoms with Crippen LogP contribution in [0.4, 0.5) is 4.79 Å². The Balaban J connectivity index is 1.56. The van der Waals surface area contributed by atoms with E-state index in [0.29, 0.717) is 43.9 Å². The molecule has 37 heavy (non-hydrogen) atoms. The maximum Gasteiger partial charge on any atom is 0.410 e. The fourth-order valence-electron chi connectivity index (χ4n) is 4.88. The summed E-state index contributed by atoms with van der Waals surface area (Å²) in [5, 5.41) is 18.2. The minimum atomic E-state index is -0.615. The van der Waals surface area contributed by atoms with Crippen LogP contribution in [0, 0.1) is 5.92 Å². The third-order valence-electron chi connectivity index (χ3n) is 6.95. The molecular formula is C26H35N5O6. The van der Waals surface area contributed by atoms with Crippen molar-refractivity contribution in [2.45, 2.75) is 71.1 Å². The number of nitrogens with one attached hydrogen (secondary N) is 1. The van der Waals surface area contributed by atoms with Crippen LogP contribution < -0.4 is 10.9 Å². The number of ether oxygens (including phenoxy) is 2. The number of fused-ring (bicyclic) bond motifs is 1. The monoisotopic (exact) mass is 513 g/mol. The predicted octanol–water partition coefficient (Wildman–Crippen LogP) is 2.54. The standard InChI is InChI=1S/C26H35N5O6/c1-26(2,3)37-25(35)29-10-4-5-17(15-29)19-13-27-31-22(19)30(14-16-8-11-36-12-9-16)23(33)20(24(31)34)21(32)28-18-6-7-18/h5,13,16,18,34H,4,6-12,14-15H2,1-3H3,(H,28,32). The Morgan fingerprint density at radius 2 is 1.95 bits per heavy atom. The van der Waals surface area contributed by atoms with Crippen LogP contribution in [0.3, 0.4) is 0 Å². The summed E-state index contributed by atoms with van der Waals surface area (Å²) in [5.74, 6) is -0.883. The van der Waals surface area contributed by atoms with Gasteiger partial charge < -0.3 is 24.8 Å². The Hall–Kier alpha value is -3.34. The predicted molar refractivity (Wildman–Crippen MR) is 136 cm³/mol. The molecule has 1 saturated heterocycles. The summed E-state index contributed by atoms with van der Waals surface area (Å²) < 4.78 is 13.9. The highest BCUT2D eigenvalue weighted by molar-refractivity contribution is 5.97. The van der Waals surface area contributed by atoms with Crippen molar-refractivity contribution in [2.24, 2.45) is 5.92 Å². The molecule has 0 unspecified atom stereocenters. The Morgan fingerprint density at radius 3 is 2.62 bits per heavy atom. The first-order valence-electron chi connectivity index (χ1n) is 13.0. The lowest BCUT2D eigenvalue weighted by molar-refractivity contribution is 0.0273. The van der Waals surface area contributed by atoms with Crippen molar-refractivity contribution >= 4 is 23.2 Å². The molecule has 4 heterocycles. The van der Waals surface area contributed by atoms with Crippen LogP contribution in [-0.2, 0) is 16.0 Å². The van der Waals surface area contributed by atoms with Crippen LogP contribution in [0.25, 0.3) is 11.2 Å². The van der Waals surface area contributed by atoms with Crippen LogP contribution >= 0.6 is 0 Å². The smallest absolute Gasteiger partial charge is 0.410 e. The van der Waals surface area contributed by atoms with Gasteiger partial charge in [0.2, 0.25) is 5.88 Å². The van der Waals surface area contributed by atoms with Gasteiger partial charge in [-0.15, -0.1) is 0 Å². The van der Waals surface area contributed by atoms with Gasteiger partial charge in [-0.3, -0.25) is 14.2 Å². The molecule has 0 spiro atoms. The molecule has 1 aliphatic carbocycles. The topological polar surface area (TPSA) is 127 Å². The molecule has 2 N–H and O–H groups in total. The summed E-state index contributed by atoms with van der Waals surface area (Å²) in [5.41, 5.74) is 0.403. The lowest BCUT2D eigenvalue weighted by atomic mass is 9.99. The van der Waals surface area contributed by atoms with E-state index in [1.54, 1.807) is 15.7 Å². The van der Waals surface area contributed by atoms with Gasteiger partial charge >= 0.3 is 6.09 Å². The van der Waals surface area contributed by atoms with Crippen molar-refractivity contribution in [3.63, 3.8) is 0 Å². The highest BCUT2D eigenvalue weighted by Crippen LogP contribution is 2.30. The number of rotatable bonds is 5. The van der Waals surface area contributed by atoms with Gasteiger partial charge in [0.1, 0.15) is 11.2 Å². The lowest BCUT2D eigenvalue weighted by Gasteiger charge is -2.30. The Bertz CT molecular complexity index is 1290. The van der Waals surface area contributed by atoms with Gasteiger partial charge in [0.05, 0.1) is 6.20 Å². The van der Waals surface area contributed by atoms with Crippen molar-refractivity contribution in [2.75, 3.05) is 26.3 Å². The SMILES string of the molecule is CC(C)(C)OC(=O)N1CCC=C(c2cnn3c(O)c(C(=O)NC4CC4)c(=O)n(CC4CCOCC4)c23)C1. The number of carbonyl (C=O) groups is 2. The van der Waals surface area contributed by atoms with Crippen molar-refractivity contribution in [3.8, 4) is 5.88 Å². The third-order valence-corrected chi connectivity index (χ3v) is 6.95. The molecular weight excluding hydrogens is 478 g/mol. The molecule has 0 atom stereocenters. The first-order valence-corrected chi connectivity index (χ1v) is 13.0. The van der Waals surface area contributed by atoms with E-state index < -0.39 is 29.0 Å². The normalized spacial score (nSPS) is 19.1. The molecule has 2 aliphatic heterocycles. The van der Waals surface area contributed by atoms with Crippen molar-refractivity contribution in [1.29, 1.82) is 0 Å². The first-order chi connectivity index (χ1) is 17.6. The van der Waals surface area contributed by atoms with E-state index in [4.69, 9.17) is 9.47 Å². The van der Waals surface area contributed by atoms with E-state index in [0.717, 1.165) is 31.3 Å². The molecule has 3 aliphatic rings. The maximum absolute atomic E-state index is 13.7. The summed E-state index contributed by atoms with van der Waals surface area (Å²) in [7, 11) is 0. The van der Waals surface area contributed by atoms with Crippen molar-refractivity contribution < 1.29 is 24.2 Å². The van der Waals surface area contributed by atoms with Gasteiger partial charge in [0.25, 0.3) is 11.5 Å². The molecule has 11 heteroatoms. The van der Waals surface area contributed by atoms with Gasteiger partial charge in [-0.2, -0.15) is 9.61 Å². The van der Waals surface area contributed by atoms with E-state index in [9.17, 15) is 19.5 Å². The molecule has 11 nitrogen and oxygen atoms in total. The zero-order valence-corrected chi connectivity index (χ0v) is 21.7. The first kappa shape index (κ1) is 25.3. The van der Waals surface area contributed by atoms with Gasteiger partial charge in [-0.1, -0.05) is 6.08 Å². The number of carbonyl (C=O) groups excluding carboxylic acids is 2. The maximum atomic E-state index is 13.7. The van der Waals surface area contributed by atoms with Crippen LogP contribution in [0.1, 0.15) is 68.8 Å². The van der Waals surface area contributed by atoms with Crippen LogP contribution in [0.2, 0.25) is 0 Å². The van der Waals surface area contributed by atoms with Gasteiger partial charge in [-0.05, 0) is 64.4 Å². The number of nitrogens with zero attached hydrogens (tertiary/aromatic N) is 4. The van der Waals surface area contributed by atoms with Crippen molar-refractivity contribution in [3.05, 3.63) is 33.8 Å². The average molecular weight is 514 g/mol. The largest absolute Gasteiger partial charge is 0.492 e. The number of hydrogen-bond acceptors (Lipinski definition) is 7. The van der Waals surface area contributed by atoms with Gasteiger partial charge in [0.15, 0.2) is 5.56 Å². The highest BCUT2D eigenvalue weighted by atomic mass is 16.6. The molecule has 1 saturated carbocycles. The Kier molecular flexibility index (Phi) is 6.74. The Labute approximate surface area is 215 Å². The Morgan fingerprint density at radius 1 is 1.22 bits per heavy atom. The summed E-state index contributed by atoms with van der Waals surface area (Å²) in [6.45, 7) is 7.88. The van der Waals surface area contributed by atoms with E-state index in [-0.39, 0.29) is 24.1 Å². The molecule has 5 rings (SSSR count). The highest BCUT2D eigenvalue weighted by Gasteiger charge is 2.32. The number of amides is 2. The number of aromatic hydroxyl groups is 1. The molecule has 0 bridgehead atoms. The summed E-state index contributed by atoms with van der Waals surface area (Å²) in [6.07, 6.45) is 7.12. The fourth-order valence-corrected chi connectivity index (χ4v) is 4.88. The van der Waals surface area contributed by atoms with E-state index in [1.165, 1.54) is 4.52 Å². The molecule has 2 aromatic heterocycles. The molecule has 2 aromatic rings.